The minimum absolute atomic E-state index is 0.0595. The Bertz CT molecular complexity index is 1390. The highest BCUT2D eigenvalue weighted by atomic mass is 32.2. The molecule has 0 atom stereocenters. The van der Waals surface area contributed by atoms with Crippen molar-refractivity contribution in [3.05, 3.63) is 40.3 Å². The molecule has 33 heavy (non-hydrogen) atoms. The third-order valence-corrected chi connectivity index (χ3v) is 5.67. The number of rotatable bonds is 6. The van der Waals surface area contributed by atoms with Gasteiger partial charge in [0.05, 0.1) is 24.1 Å². The Hall–Kier alpha value is -3.36. The van der Waals surface area contributed by atoms with Gasteiger partial charge in [-0.1, -0.05) is 0 Å². The van der Waals surface area contributed by atoms with Crippen molar-refractivity contribution in [2.45, 2.75) is 32.5 Å². The van der Waals surface area contributed by atoms with Gasteiger partial charge < -0.3 is 5.73 Å². The van der Waals surface area contributed by atoms with E-state index in [2.05, 4.69) is 15.0 Å². The van der Waals surface area contributed by atoms with Gasteiger partial charge >= 0.3 is 6.18 Å². The number of anilines is 2. The maximum atomic E-state index is 14.8. The molecule has 0 unspecified atom stereocenters. The number of nitrogen functional groups attached to an aromatic ring is 1. The van der Waals surface area contributed by atoms with Crippen LogP contribution in [0.15, 0.2) is 23.1 Å². The first-order valence-corrected chi connectivity index (χ1v) is 10.9. The Balaban J connectivity index is 2.09. The van der Waals surface area contributed by atoms with Gasteiger partial charge in [0, 0.05) is 17.7 Å². The number of nitrogens with one attached hydrogen (secondary N) is 1. The van der Waals surface area contributed by atoms with Crippen LogP contribution in [0.25, 0.3) is 22.4 Å². The Kier molecular flexibility index (Phi) is 6.28. The number of fused-ring (bicyclic) bond motifs is 1. The molecular weight excluding hydrogens is 475 g/mol. The second-order valence-electron chi connectivity index (χ2n) is 7.26. The predicted molar refractivity (Wildman–Crippen MR) is 110 cm³/mol. The number of alkyl halides is 3. The molecule has 0 aliphatic rings. The third-order valence-electron chi connectivity index (χ3n) is 4.40. The van der Waals surface area contributed by atoms with E-state index in [1.807, 2.05) is 0 Å². The predicted octanol–water partition coefficient (Wildman–Crippen LogP) is 2.99. The molecule has 0 fully saturated rings. The summed E-state index contributed by atoms with van der Waals surface area (Å²) in [6.07, 6.45) is -5.24. The lowest BCUT2D eigenvalue weighted by Gasteiger charge is -2.15. The number of hydrogen-bond donors (Lipinski definition) is 2. The lowest BCUT2D eigenvalue weighted by Crippen LogP contribution is -2.26. The zero-order valence-corrected chi connectivity index (χ0v) is 17.9. The third kappa shape index (κ3) is 5.35. The molecule has 1 aromatic carbocycles. The zero-order valence-electron chi connectivity index (χ0n) is 17.1. The van der Waals surface area contributed by atoms with Crippen LogP contribution in [0.5, 0.6) is 0 Å². The summed E-state index contributed by atoms with van der Waals surface area (Å²) >= 11 is 0. The molecule has 0 bridgehead atoms. The normalized spacial score (nSPS) is 12.5. The summed E-state index contributed by atoms with van der Waals surface area (Å²) in [7, 11) is -4.63. The van der Waals surface area contributed by atoms with E-state index >= 15 is 0 Å². The maximum absolute atomic E-state index is 14.8. The summed E-state index contributed by atoms with van der Waals surface area (Å²) in [5.74, 6) is -4.08. The molecule has 0 amide bonds. The lowest BCUT2D eigenvalue weighted by molar-refractivity contribution is -0.129. The van der Waals surface area contributed by atoms with Crippen LogP contribution in [0.3, 0.4) is 0 Å². The van der Waals surface area contributed by atoms with Gasteiger partial charge in [-0.25, -0.2) is 27.2 Å². The van der Waals surface area contributed by atoms with Crippen LogP contribution in [0, 0.1) is 11.6 Å². The number of benzene rings is 1. The second-order valence-corrected chi connectivity index (χ2v) is 9.11. The molecule has 2 aromatic heterocycles. The Morgan fingerprint density at radius 2 is 1.82 bits per heavy atom. The van der Waals surface area contributed by atoms with Gasteiger partial charge in [0.2, 0.25) is 16.0 Å². The first-order chi connectivity index (χ1) is 15.2. The van der Waals surface area contributed by atoms with Crippen LogP contribution in [-0.2, 0) is 10.0 Å². The molecule has 0 saturated heterocycles. The lowest BCUT2D eigenvalue weighted by atomic mass is 10.1. The van der Waals surface area contributed by atoms with E-state index in [0.29, 0.717) is 12.1 Å². The van der Waals surface area contributed by atoms with Crippen molar-refractivity contribution < 1.29 is 30.4 Å². The van der Waals surface area contributed by atoms with Crippen LogP contribution in [0.4, 0.5) is 33.6 Å². The molecular formula is C18H17F5N6O3S. The first-order valence-electron chi connectivity index (χ1n) is 9.30. The molecule has 0 aliphatic carbocycles. The minimum atomic E-state index is -4.76. The Morgan fingerprint density at radius 1 is 1.15 bits per heavy atom. The van der Waals surface area contributed by atoms with Gasteiger partial charge in [-0.05, 0) is 19.9 Å². The van der Waals surface area contributed by atoms with E-state index in [1.165, 1.54) is 6.20 Å². The highest BCUT2D eigenvalue weighted by Gasteiger charge is 2.30. The molecule has 0 saturated carbocycles. The van der Waals surface area contributed by atoms with Crippen molar-refractivity contribution in [3.63, 3.8) is 0 Å². The van der Waals surface area contributed by atoms with E-state index in [0.717, 1.165) is 4.57 Å². The second kappa shape index (κ2) is 8.53. The van der Waals surface area contributed by atoms with Crippen LogP contribution in [0.1, 0.15) is 26.3 Å². The van der Waals surface area contributed by atoms with Crippen molar-refractivity contribution in [1.82, 2.24) is 19.5 Å². The molecule has 2 heterocycles. The summed E-state index contributed by atoms with van der Waals surface area (Å²) in [6, 6.07) is 0.457. The molecule has 3 N–H and O–H groups in total. The number of halogens is 5. The topological polar surface area (TPSA) is 133 Å². The zero-order chi connectivity index (χ0) is 24.7. The molecule has 178 valence electrons. The first kappa shape index (κ1) is 24.3. The number of hydrogen-bond acceptors (Lipinski definition) is 7. The molecule has 9 nitrogen and oxygen atoms in total. The summed E-state index contributed by atoms with van der Waals surface area (Å²) < 4.78 is 92.6. The van der Waals surface area contributed by atoms with E-state index in [1.54, 1.807) is 18.6 Å². The minimum Gasteiger partial charge on any atom is -0.368 e. The SMILES string of the molecule is CC(C)n1c(=O)c(-c2cc(F)c(NS(=O)(=O)CCC(F)(F)F)cc2F)nc2cnc(N)nc21. The van der Waals surface area contributed by atoms with Crippen molar-refractivity contribution in [2.75, 3.05) is 16.2 Å². The van der Waals surface area contributed by atoms with E-state index in [-0.39, 0.29) is 17.1 Å². The molecule has 3 rings (SSSR count). The average molecular weight is 492 g/mol. The van der Waals surface area contributed by atoms with Crippen molar-refractivity contribution in [1.29, 1.82) is 0 Å². The van der Waals surface area contributed by atoms with Gasteiger partial charge in [0.25, 0.3) is 5.56 Å². The average Bonchev–Trinajstić information content (AvgIpc) is 2.68. The fourth-order valence-electron chi connectivity index (χ4n) is 2.94. The highest BCUT2D eigenvalue weighted by Crippen LogP contribution is 2.28. The molecule has 15 heteroatoms. The Labute approximate surface area is 183 Å². The molecule has 3 aromatic rings. The van der Waals surface area contributed by atoms with Gasteiger partial charge in [-0.15, -0.1) is 0 Å². The number of nitrogens with zero attached hydrogens (tertiary/aromatic N) is 4. The van der Waals surface area contributed by atoms with Crippen LogP contribution >= 0.6 is 0 Å². The monoisotopic (exact) mass is 492 g/mol. The van der Waals surface area contributed by atoms with Crippen molar-refractivity contribution in [3.8, 4) is 11.3 Å². The van der Waals surface area contributed by atoms with Gasteiger partial charge in [0.1, 0.15) is 22.8 Å². The van der Waals surface area contributed by atoms with Crippen LogP contribution in [-0.4, -0.2) is 39.9 Å². The number of aromatic nitrogens is 4. The van der Waals surface area contributed by atoms with Crippen molar-refractivity contribution >= 4 is 32.8 Å². The summed E-state index contributed by atoms with van der Waals surface area (Å²) in [6.45, 7) is 3.28. The van der Waals surface area contributed by atoms with E-state index in [9.17, 15) is 35.2 Å². The fourth-order valence-corrected chi connectivity index (χ4v) is 4.04. The van der Waals surface area contributed by atoms with Gasteiger partial charge in [-0.3, -0.25) is 14.1 Å². The molecule has 0 aliphatic heterocycles. The number of sulfonamides is 1. The van der Waals surface area contributed by atoms with Gasteiger partial charge in [-0.2, -0.15) is 18.2 Å². The van der Waals surface area contributed by atoms with Crippen molar-refractivity contribution in [2.24, 2.45) is 0 Å². The summed E-state index contributed by atoms with van der Waals surface area (Å²) in [4.78, 5) is 24.7. The summed E-state index contributed by atoms with van der Waals surface area (Å²) in [5.41, 5.74) is 2.84. The smallest absolute Gasteiger partial charge is 0.368 e. The highest BCUT2D eigenvalue weighted by molar-refractivity contribution is 7.92. The quantitative estimate of drug-likeness (QED) is 0.506. The standard InChI is InChI=1S/C18H17F5N6O3S/c1-8(2)29-15-13(7-25-17(24)27-15)26-14(16(29)30)9-5-11(20)12(6-10(9)19)28-33(31,32)4-3-18(21,22)23/h5-8,28H,3-4H2,1-2H3,(H2,24,25,27). The maximum Gasteiger partial charge on any atom is 0.390 e. The van der Waals surface area contributed by atoms with Gasteiger partial charge in [0.15, 0.2) is 5.65 Å². The van der Waals surface area contributed by atoms with E-state index < -0.39 is 68.6 Å². The molecule has 0 spiro atoms. The largest absolute Gasteiger partial charge is 0.390 e. The Morgan fingerprint density at radius 3 is 2.42 bits per heavy atom. The van der Waals surface area contributed by atoms with E-state index in [4.69, 9.17) is 5.73 Å². The molecule has 0 radical (unpaired) electrons. The summed E-state index contributed by atoms with van der Waals surface area (Å²) in [5, 5.41) is 0. The number of nitrogens with two attached hydrogens (primary N) is 1. The van der Waals surface area contributed by atoms with Crippen LogP contribution < -0.4 is 16.0 Å². The van der Waals surface area contributed by atoms with Crippen LogP contribution in [0.2, 0.25) is 0 Å². The fraction of sp³-hybridized carbons (Fsp3) is 0.333.